The molecule has 9 atom stereocenters. The van der Waals surface area contributed by atoms with Crippen LogP contribution in [0, 0.1) is 0 Å². The molecule has 0 aromatic heterocycles. The second-order valence-electron chi connectivity index (χ2n) is 6.16. The number of phosphoric ester groups is 1. The van der Waals surface area contributed by atoms with Crippen LogP contribution in [-0.2, 0) is 23.3 Å². The molecule has 2 aliphatic rings. The Bertz CT molecular complexity index is 553. The van der Waals surface area contributed by atoms with Crippen LogP contribution in [0.25, 0.3) is 0 Å². The van der Waals surface area contributed by atoms with Crippen LogP contribution < -0.4 is 51.4 Å². The van der Waals surface area contributed by atoms with Gasteiger partial charge in [0.1, 0.15) is 49.3 Å². The Balaban J connectivity index is 0.00000392. The van der Waals surface area contributed by atoms with Gasteiger partial charge in [0.2, 0.25) is 5.79 Å². The largest absolute Gasteiger partial charge is 1.00 e. The summed E-state index contributed by atoms with van der Waals surface area (Å²) in [5.74, 6) is -2.42. The molecule has 2 saturated heterocycles. The maximum atomic E-state index is 10.8. The van der Waals surface area contributed by atoms with Gasteiger partial charge in [0, 0.05) is 0 Å². The van der Waals surface area contributed by atoms with E-state index in [1.807, 2.05) is 0 Å². The van der Waals surface area contributed by atoms with Crippen LogP contribution in [0.1, 0.15) is 1.43 Å². The molecular formula is C12H24KO14P. The molecule has 2 fully saturated rings. The minimum absolute atomic E-state index is 0. The number of aliphatic hydroxyl groups excluding tert-OH is 7. The number of rotatable bonds is 7. The molecule has 0 aromatic carbocycles. The molecule has 2 heterocycles. The first kappa shape index (κ1) is 27.4. The van der Waals surface area contributed by atoms with Crippen LogP contribution >= 0.6 is 7.82 Å². The van der Waals surface area contributed by atoms with E-state index in [9.17, 15) is 35.2 Å². The van der Waals surface area contributed by atoms with Gasteiger partial charge in [0.25, 0.3) is 0 Å². The van der Waals surface area contributed by atoms with Gasteiger partial charge in [-0.1, -0.05) is 0 Å². The van der Waals surface area contributed by atoms with Gasteiger partial charge in [0.05, 0.1) is 13.2 Å². The zero-order valence-electron chi connectivity index (χ0n) is 15.8. The Hall–Kier alpha value is 1.35. The number of hydrogen-bond donors (Lipinski definition) is 9. The van der Waals surface area contributed by atoms with Gasteiger partial charge in [-0.2, -0.15) is 0 Å². The van der Waals surface area contributed by atoms with Crippen LogP contribution in [-0.4, -0.2) is 120 Å². The molecule has 2 rings (SSSR count). The zero-order chi connectivity index (χ0) is 20.6. The van der Waals surface area contributed by atoms with Crippen LogP contribution in [0.2, 0.25) is 0 Å². The maximum Gasteiger partial charge on any atom is 1.00 e. The number of hydrogen-bond acceptors (Lipinski definition) is 12. The van der Waals surface area contributed by atoms with Crippen molar-refractivity contribution in [2.75, 3.05) is 19.8 Å². The number of ether oxygens (including phenoxy) is 3. The van der Waals surface area contributed by atoms with E-state index in [1.165, 1.54) is 0 Å². The van der Waals surface area contributed by atoms with Crippen molar-refractivity contribution in [3.8, 4) is 0 Å². The van der Waals surface area contributed by atoms with Crippen molar-refractivity contribution in [1.29, 1.82) is 0 Å². The molecular weight excluding hydrogens is 438 g/mol. The van der Waals surface area contributed by atoms with E-state index in [-0.39, 0.29) is 52.8 Å². The molecule has 2 aliphatic heterocycles. The smallest absolute Gasteiger partial charge is 1.00 e. The summed E-state index contributed by atoms with van der Waals surface area (Å²) in [5, 5.41) is 68.3. The molecule has 0 spiro atoms. The van der Waals surface area contributed by atoms with E-state index in [2.05, 4.69) is 4.52 Å². The quantitative estimate of drug-likeness (QED) is 0.126. The molecule has 14 nitrogen and oxygen atoms in total. The predicted molar refractivity (Wildman–Crippen MR) is 80.7 cm³/mol. The first-order valence-corrected chi connectivity index (χ1v) is 9.32. The van der Waals surface area contributed by atoms with Crippen molar-refractivity contribution in [2.24, 2.45) is 0 Å². The second kappa shape index (κ2) is 10.8. The molecule has 28 heavy (non-hydrogen) atoms. The second-order valence-corrected chi connectivity index (χ2v) is 7.40. The van der Waals surface area contributed by atoms with Crippen molar-refractivity contribution < 1.29 is 122 Å². The Kier molecular flexibility index (Phi) is 10.5. The average molecular weight is 462 g/mol. The van der Waals surface area contributed by atoms with Crippen molar-refractivity contribution in [2.45, 2.75) is 54.8 Å². The molecule has 0 bridgehead atoms. The Morgan fingerprint density at radius 2 is 1.57 bits per heavy atom. The SMILES string of the molecule is O=P(O)(O)OC[C@H]1OC(CO)(OC2O[C@H](CO)[C@@H](O)[C@H](O)[C@H]2O)[C@@H](O)[C@@H]1O.[H-].[K+]. The van der Waals surface area contributed by atoms with Gasteiger partial charge < -0.3 is 61.2 Å². The fourth-order valence-electron chi connectivity index (χ4n) is 2.79. The number of aliphatic hydroxyl groups is 7. The molecule has 0 amide bonds. The minimum Gasteiger partial charge on any atom is -1.00 e. The van der Waals surface area contributed by atoms with Crippen LogP contribution in [0.4, 0.5) is 0 Å². The van der Waals surface area contributed by atoms with Gasteiger partial charge in [-0.25, -0.2) is 4.57 Å². The third-order valence-corrected chi connectivity index (χ3v) is 4.78. The minimum atomic E-state index is -4.92. The fraction of sp³-hybridized carbons (Fsp3) is 1.00. The molecule has 2 unspecified atom stereocenters. The molecule has 0 saturated carbocycles. The first-order valence-electron chi connectivity index (χ1n) is 7.79. The zero-order valence-corrected chi connectivity index (χ0v) is 18.8. The van der Waals surface area contributed by atoms with Gasteiger partial charge in [0.15, 0.2) is 6.29 Å². The summed E-state index contributed by atoms with van der Waals surface area (Å²) < 4.78 is 30.4. The summed E-state index contributed by atoms with van der Waals surface area (Å²) in [5.41, 5.74) is 0. The average Bonchev–Trinajstić information content (AvgIpc) is 2.85. The van der Waals surface area contributed by atoms with Crippen molar-refractivity contribution >= 4 is 7.82 Å². The molecule has 0 aromatic rings. The summed E-state index contributed by atoms with van der Waals surface area (Å²) in [6.45, 7) is -2.74. The Morgan fingerprint density at radius 1 is 0.964 bits per heavy atom. The Morgan fingerprint density at radius 3 is 2.07 bits per heavy atom. The van der Waals surface area contributed by atoms with Crippen LogP contribution in [0.15, 0.2) is 0 Å². The van der Waals surface area contributed by atoms with Gasteiger partial charge >= 0.3 is 59.2 Å². The molecule has 0 aliphatic carbocycles. The van der Waals surface area contributed by atoms with Gasteiger partial charge in [-0.05, 0) is 0 Å². The monoisotopic (exact) mass is 462 g/mol. The first-order chi connectivity index (χ1) is 12.5. The summed E-state index contributed by atoms with van der Waals surface area (Å²) in [4.78, 5) is 17.4. The van der Waals surface area contributed by atoms with Crippen molar-refractivity contribution in [3.05, 3.63) is 0 Å². The summed E-state index contributed by atoms with van der Waals surface area (Å²) in [6.07, 6.45) is -13.9. The molecule has 16 heteroatoms. The van der Waals surface area contributed by atoms with Gasteiger partial charge in [-0.15, -0.1) is 0 Å². The predicted octanol–water partition coefficient (Wildman–Crippen LogP) is -8.16. The van der Waals surface area contributed by atoms with Crippen LogP contribution in [0.5, 0.6) is 0 Å². The molecule has 162 valence electrons. The van der Waals surface area contributed by atoms with E-state index in [1.54, 1.807) is 0 Å². The van der Waals surface area contributed by atoms with Crippen molar-refractivity contribution in [3.63, 3.8) is 0 Å². The third-order valence-electron chi connectivity index (χ3n) is 4.30. The maximum absolute atomic E-state index is 10.8. The van der Waals surface area contributed by atoms with E-state index >= 15 is 0 Å². The molecule has 9 N–H and O–H groups in total. The molecule has 0 radical (unpaired) electrons. The van der Waals surface area contributed by atoms with E-state index in [4.69, 9.17) is 29.1 Å². The van der Waals surface area contributed by atoms with Crippen LogP contribution in [0.3, 0.4) is 0 Å². The standard InChI is InChI=1S/C12H23O14P.K.H/c13-1-4-6(15)8(17)9(18)11(24-4)26-12(3-14)10(19)7(16)5(25-12)2-23-27(20,21)22;;/h4-11,13-19H,1-3H2,(H2,20,21,22);;/q;+1;-1/t4-,5-,6-,7-,8+,9-,10+,11?,12?;;/m1../s1. The number of phosphoric acid groups is 1. The summed E-state index contributed by atoms with van der Waals surface area (Å²) in [6, 6.07) is 0. The topological polar surface area (TPSA) is 236 Å². The fourth-order valence-corrected chi connectivity index (χ4v) is 3.13. The van der Waals surface area contributed by atoms with E-state index < -0.39 is 82.4 Å². The third kappa shape index (κ3) is 5.98. The van der Waals surface area contributed by atoms with E-state index in [0.717, 1.165) is 0 Å². The summed E-state index contributed by atoms with van der Waals surface area (Å²) in [7, 11) is -4.92. The van der Waals surface area contributed by atoms with Crippen molar-refractivity contribution in [1.82, 2.24) is 0 Å². The Labute approximate surface area is 202 Å². The van der Waals surface area contributed by atoms with E-state index in [0.29, 0.717) is 0 Å². The van der Waals surface area contributed by atoms with Gasteiger partial charge in [-0.3, -0.25) is 4.52 Å². The summed E-state index contributed by atoms with van der Waals surface area (Å²) >= 11 is 0. The normalized spacial score (nSPS) is 44.3.